The molecule has 0 saturated carbocycles. The van der Waals surface area contributed by atoms with Gasteiger partial charge in [0.2, 0.25) is 5.13 Å². The van der Waals surface area contributed by atoms with E-state index in [9.17, 15) is 22.8 Å². The molecule has 2 aromatic heterocycles. The maximum Gasteiger partial charge on any atom is 0.434 e. The topological polar surface area (TPSA) is 74.1 Å². The number of esters is 1. The predicted octanol–water partition coefficient (Wildman–Crippen LogP) is 3.04. The van der Waals surface area contributed by atoms with Crippen LogP contribution < -0.4 is 0 Å². The summed E-state index contributed by atoms with van der Waals surface area (Å²) in [7, 11) is 0. The molecule has 23 heavy (non-hydrogen) atoms. The molecule has 0 bridgehead atoms. The van der Waals surface area contributed by atoms with E-state index < -0.39 is 23.4 Å². The highest BCUT2D eigenvalue weighted by Gasteiger charge is 2.41. The van der Waals surface area contributed by atoms with Crippen molar-refractivity contribution in [3.05, 3.63) is 28.0 Å². The average molecular weight is 347 g/mol. The van der Waals surface area contributed by atoms with E-state index in [0.29, 0.717) is 10.4 Å². The van der Waals surface area contributed by atoms with Crippen molar-refractivity contribution in [2.45, 2.75) is 26.9 Å². The second-order valence-electron chi connectivity index (χ2n) is 4.50. The molecule has 0 unspecified atom stereocenters. The van der Waals surface area contributed by atoms with E-state index >= 15 is 0 Å². The number of carbonyl (C=O) groups excluding carboxylic acids is 2. The van der Waals surface area contributed by atoms with Crippen molar-refractivity contribution >= 4 is 23.1 Å². The molecule has 2 aromatic rings. The van der Waals surface area contributed by atoms with Gasteiger partial charge in [-0.25, -0.2) is 14.5 Å². The lowest BCUT2D eigenvalue weighted by Gasteiger charge is -2.10. The molecule has 2 heterocycles. The van der Waals surface area contributed by atoms with Gasteiger partial charge in [-0.1, -0.05) is 11.3 Å². The van der Waals surface area contributed by atoms with Gasteiger partial charge in [-0.15, -0.1) is 0 Å². The number of carbonyl (C=O) groups is 2. The molecule has 0 radical (unpaired) electrons. The normalized spacial score (nSPS) is 11.6. The summed E-state index contributed by atoms with van der Waals surface area (Å²) in [6, 6.07) is 0. The molecular weight excluding hydrogens is 335 g/mol. The maximum atomic E-state index is 13.3. The van der Waals surface area contributed by atoms with Crippen LogP contribution in [0.5, 0.6) is 0 Å². The number of thiazole rings is 1. The molecule has 0 fully saturated rings. The van der Waals surface area contributed by atoms with Gasteiger partial charge in [0.15, 0.2) is 11.5 Å². The highest BCUT2D eigenvalue weighted by Crippen LogP contribution is 2.35. The second-order valence-corrected chi connectivity index (χ2v) is 5.48. The lowest BCUT2D eigenvalue weighted by molar-refractivity contribution is -0.143. The van der Waals surface area contributed by atoms with E-state index in [1.165, 1.54) is 20.8 Å². The van der Waals surface area contributed by atoms with E-state index in [0.717, 1.165) is 17.5 Å². The minimum Gasteiger partial charge on any atom is -0.462 e. The van der Waals surface area contributed by atoms with E-state index in [-0.39, 0.29) is 22.4 Å². The number of hydrogen-bond donors (Lipinski definition) is 0. The number of ether oxygens (including phenoxy) is 1. The van der Waals surface area contributed by atoms with Crippen LogP contribution in [0.1, 0.15) is 45.3 Å². The summed E-state index contributed by atoms with van der Waals surface area (Å²) in [6.07, 6.45) is -4.06. The third kappa shape index (κ3) is 3.26. The van der Waals surface area contributed by atoms with Gasteiger partial charge in [-0.3, -0.25) is 4.79 Å². The first-order valence-corrected chi connectivity index (χ1v) is 7.29. The van der Waals surface area contributed by atoms with Crippen molar-refractivity contribution in [3.63, 3.8) is 0 Å². The molecule has 0 amide bonds. The average Bonchev–Trinajstić information content (AvgIpc) is 3.01. The largest absolute Gasteiger partial charge is 0.462 e. The van der Waals surface area contributed by atoms with Gasteiger partial charge >= 0.3 is 12.1 Å². The number of aryl methyl sites for hydroxylation is 1. The number of nitrogens with zero attached hydrogens (tertiary/aromatic N) is 3. The fourth-order valence-corrected chi connectivity index (χ4v) is 2.85. The Kier molecular flexibility index (Phi) is 4.55. The van der Waals surface area contributed by atoms with Crippen molar-refractivity contribution in [2.75, 3.05) is 6.61 Å². The molecule has 124 valence electrons. The molecule has 0 aromatic carbocycles. The van der Waals surface area contributed by atoms with E-state index in [2.05, 4.69) is 14.8 Å². The van der Waals surface area contributed by atoms with Gasteiger partial charge in [0, 0.05) is 6.92 Å². The summed E-state index contributed by atoms with van der Waals surface area (Å²) in [4.78, 5) is 27.3. The Morgan fingerprint density at radius 3 is 2.52 bits per heavy atom. The Morgan fingerprint density at radius 2 is 2.04 bits per heavy atom. The van der Waals surface area contributed by atoms with Gasteiger partial charge in [-0.2, -0.15) is 18.3 Å². The van der Waals surface area contributed by atoms with E-state index in [1.807, 2.05) is 0 Å². The summed E-state index contributed by atoms with van der Waals surface area (Å²) < 4.78 is 45.1. The summed E-state index contributed by atoms with van der Waals surface area (Å²) in [5, 5.41) is 3.46. The van der Waals surface area contributed by atoms with Crippen LogP contribution in [0.2, 0.25) is 0 Å². The number of aromatic nitrogens is 3. The van der Waals surface area contributed by atoms with Crippen LogP contribution in [0.3, 0.4) is 0 Å². The van der Waals surface area contributed by atoms with Crippen LogP contribution in [0.15, 0.2) is 6.20 Å². The van der Waals surface area contributed by atoms with Crippen LogP contribution in [0.4, 0.5) is 13.2 Å². The quantitative estimate of drug-likeness (QED) is 0.628. The molecular formula is C13H12F3N3O3S. The number of alkyl halides is 3. The zero-order chi connectivity index (χ0) is 17.4. The fraction of sp³-hybridized carbons (Fsp3) is 0.385. The lowest BCUT2D eigenvalue weighted by atomic mass is 10.2. The van der Waals surface area contributed by atoms with Gasteiger partial charge in [-0.05, 0) is 13.8 Å². The first-order chi connectivity index (χ1) is 10.7. The molecule has 0 spiro atoms. The Morgan fingerprint density at radius 1 is 1.39 bits per heavy atom. The van der Waals surface area contributed by atoms with Crippen molar-refractivity contribution in [1.29, 1.82) is 0 Å². The van der Waals surface area contributed by atoms with Crippen molar-refractivity contribution in [1.82, 2.24) is 14.8 Å². The van der Waals surface area contributed by atoms with Gasteiger partial charge in [0.1, 0.15) is 5.56 Å². The zero-order valence-electron chi connectivity index (χ0n) is 12.4. The second kappa shape index (κ2) is 6.11. The number of hydrogen-bond acceptors (Lipinski definition) is 6. The van der Waals surface area contributed by atoms with Gasteiger partial charge < -0.3 is 4.74 Å². The lowest BCUT2D eigenvalue weighted by Crippen LogP contribution is -2.18. The highest BCUT2D eigenvalue weighted by molar-refractivity contribution is 7.16. The number of Topliss-reactive ketones (excluding diaryl/α,β-unsaturated/α-hetero) is 1. The molecule has 0 aliphatic carbocycles. The molecule has 0 saturated heterocycles. The first kappa shape index (κ1) is 17.1. The third-order valence-corrected chi connectivity index (χ3v) is 4.05. The van der Waals surface area contributed by atoms with Crippen LogP contribution in [-0.4, -0.2) is 33.1 Å². The minimum absolute atomic E-state index is 0.0633. The van der Waals surface area contributed by atoms with E-state index in [4.69, 9.17) is 0 Å². The van der Waals surface area contributed by atoms with Gasteiger partial charge in [0.25, 0.3) is 0 Å². The maximum absolute atomic E-state index is 13.3. The monoisotopic (exact) mass is 347 g/mol. The van der Waals surface area contributed by atoms with Crippen molar-refractivity contribution in [3.8, 4) is 5.13 Å². The summed E-state index contributed by atoms with van der Waals surface area (Å²) in [5.41, 5.74) is -1.67. The zero-order valence-corrected chi connectivity index (χ0v) is 13.2. The Labute approximate surface area is 132 Å². The smallest absolute Gasteiger partial charge is 0.434 e. The molecule has 10 heteroatoms. The third-order valence-electron chi connectivity index (χ3n) is 2.82. The Balaban J connectivity index is 2.62. The fourth-order valence-electron chi connectivity index (χ4n) is 1.92. The first-order valence-electron chi connectivity index (χ1n) is 6.47. The summed E-state index contributed by atoms with van der Waals surface area (Å²) in [6.45, 7) is 4.23. The molecule has 6 nitrogen and oxygen atoms in total. The predicted molar refractivity (Wildman–Crippen MR) is 74.9 cm³/mol. The Hall–Kier alpha value is -2.23. The highest BCUT2D eigenvalue weighted by atomic mass is 32.1. The van der Waals surface area contributed by atoms with Crippen LogP contribution >= 0.6 is 11.3 Å². The van der Waals surface area contributed by atoms with Crippen LogP contribution in [-0.2, 0) is 10.9 Å². The number of rotatable bonds is 4. The van der Waals surface area contributed by atoms with Crippen LogP contribution in [0.25, 0.3) is 5.13 Å². The standard InChI is InChI=1S/C13H12F3N3O3S/c1-4-22-11(21)8-5-17-19(10(8)13(14,15)16)12-18-6(2)9(23-12)7(3)20/h5H,4H2,1-3H3. The minimum atomic E-state index is -4.84. The SMILES string of the molecule is CCOC(=O)c1cnn(-c2nc(C)c(C(C)=O)s2)c1C(F)(F)F. The summed E-state index contributed by atoms with van der Waals surface area (Å²) >= 11 is 0.777. The molecule has 0 atom stereocenters. The molecule has 0 N–H and O–H groups in total. The Bertz CT molecular complexity index is 764. The number of ketones is 1. The van der Waals surface area contributed by atoms with Gasteiger partial charge in [0.05, 0.1) is 23.4 Å². The number of halogens is 3. The van der Waals surface area contributed by atoms with Crippen molar-refractivity contribution in [2.24, 2.45) is 0 Å². The summed E-state index contributed by atoms with van der Waals surface area (Å²) in [5.74, 6) is -1.43. The van der Waals surface area contributed by atoms with Crippen LogP contribution in [0, 0.1) is 6.92 Å². The van der Waals surface area contributed by atoms with E-state index in [1.54, 1.807) is 0 Å². The molecule has 0 aliphatic rings. The molecule has 2 rings (SSSR count). The van der Waals surface area contributed by atoms with Crippen molar-refractivity contribution < 1.29 is 27.5 Å². The molecule has 0 aliphatic heterocycles.